The third-order valence-corrected chi connectivity index (χ3v) is 2.10. The molecule has 0 radical (unpaired) electrons. The third-order valence-electron chi connectivity index (χ3n) is 1.87. The van der Waals surface area contributed by atoms with Gasteiger partial charge in [-0.3, -0.25) is 4.79 Å². The van der Waals surface area contributed by atoms with Crippen molar-refractivity contribution < 1.29 is 9.90 Å². The smallest absolute Gasteiger partial charge is 0.258 e. The van der Waals surface area contributed by atoms with Crippen LogP contribution in [0.1, 0.15) is 10.4 Å². The highest BCUT2D eigenvalue weighted by molar-refractivity contribution is 6.30. The number of amides is 1. The quantitative estimate of drug-likeness (QED) is 0.776. The van der Waals surface area contributed by atoms with Crippen LogP contribution in [0.2, 0.25) is 5.02 Å². The first-order valence-electron chi connectivity index (χ1n) is 4.23. The second kappa shape index (κ2) is 4.72. The average Bonchev–Trinajstić information content (AvgIpc) is 2.17. The summed E-state index contributed by atoms with van der Waals surface area (Å²) in [5.74, 6) is 1.87. The molecule has 1 rings (SSSR count). The van der Waals surface area contributed by atoms with Gasteiger partial charge < -0.3 is 10.0 Å². The van der Waals surface area contributed by atoms with Gasteiger partial charge in [-0.2, -0.15) is 0 Å². The summed E-state index contributed by atoms with van der Waals surface area (Å²) in [6.45, 7) is 0.195. The Morgan fingerprint density at radius 3 is 2.87 bits per heavy atom. The van der Waals surface area contributed by atoms with Crippen LogP contribution < -0.4 is 0 Å². The Labute approximate surface area is 93.3 Å². The molecule has 15 heavy (non-hydrogen) atoms. The lowest BCUT2D eigenvalue weighted by molar-refractivity contribution is 0.0809. The van der Waals surface area contributed by atoms with Gasteiger partial charge in [0.05, 0.1) is 12.1 Å². The second-order valence-electron chi connectivity index (χ2n) is 3.03. The molecule has 0 aromatic heterocycles. The first-order chi connectivity index (χ1) is 7.06. The van der Waals surface area contributed by atoms with Crippen molar-refractivity contribution in [3.05, 3.63) is 28.8 Å². The lowest BCUT2D eigenvalue weighted by atomic mass is 10.2. The van der Waals surface area contributed by atoms with Crippen LogP contribution >= 0.6 is 11.6 Å². The van der Waals surface area contributed by atoms with Crippen molar-refractivity contribution in [3.63, 3.8) is 0 Å². The fourth-order valence-electron chi connectivity index (χ4n) is 1.10. The van der Waals surface area contributed by atoms with Gasteiger partial charge in [-0.1, -0.05) is 17.5 Å². The number of aromatic hydroxyl groups is 1. The van der Waals surface area contributed by atoms with Crippen molar-refractivity contribution in [2.45, 2.75) is 0 Å². The van der Waals surface area contributed by atoms with E-state index in [1.807, 2.05) is 0 Å². The van der Waals surface area contributed by atoms with E-state index < -0.39 is 0 Å². The predicted molar refractivity (Wildman–Crippen MR) is 58.9 cm³/mol. The molecular formula is C11H10ClNO2. The van der Waals surface area contributed by atoms with Crippen LogP contribution in [-0.4, -0.2) is 29.5 Å². The first kappa shape index (κ1) is 11.4. The Morgan fingerprint density at radius 2 is 2.33 bits per heavy atom. The molecule has 1 aromatic carbocycles. The van der Waals surface area contributed by atoms with E-state index in [1.165, 1.54) is 23.1 Å². The molecule has 0 unspecified atom stereocenters. The largest absolute Gasteiger partial charge is 0.507 e. The van der Waals surface area contributed by atoms with E-state index in [1.54, 1.807) is 7.05 Å². The molecule has 0 fully saturated rings. The minimum Gasteiger partial charge on any atom is -0.507 e. The lowest BCUT2D eigenvalue weighted by Gasteiger charge is -2.14. The van der Waals surface area contributed by atoms with E-state index in [4.69, 9.17) is 18.0 Å². The van der Waals surface area contributed by atoms with Crippen LogP contribution in [0, 0.1) is 12.3 Å². The fourth-order valence-corrected chi connectivity index (χ4v) is 1.27. The topological polar surface area (TPSA) is 40.5 Å². The Hall–Kier alpha value is -1.66. The van der Waals surface area contributed by atoms with Gasteiger partial charge in [-0.25, -0.2) is 0 Å². The highest BCUT2D eigenvalue weighted by Gasteiger charge is 2.14. The number of hydrogen-bond acceptors (Lipinski definition) is 2. The van der Waals surface area contributed by atoms with Crippen LogP contribution in [0.3, 0.4) is 0 Å². The first-order valence-corrected chi connectivity index (χ1v) is 4.61. The summed E-state index contributed by atoms with van der Waals surface area (Å²) in [5, 5.41) is 9.87. The molecule has 3 nitrogen and oxygen atoms in total. The molecule has 0 aliphatic heterocycles. The molecule has 0 atom stereocenters. The molecule has 0 aliphatic rings. The van der Waals surface area contributed by atoms with Gasteiger partial charge >= 0.3 is 0 Å². The van der Waals surface area contributed by atoms with Crippen molar-refractivity contribution >= 4 is 17.5 Å². The van der Waals surface area contributed by atoms with E-state index >= 15 is 0 Å². The van der Waals surface area contributed by atoms with E-state index in [0.29, 0.717) is 5.02 Å². The zero-order valence-corrected chi connectivity index (χ0v) is 8.95. The molecule has 0 heterocycles. The van der Waals surface area contributed by atoms with Crippen LogP contribution in [0.5, 0.6) is 5.75 Å². The van der Waals surface area contributed by atoms with Crippen LogP contribution in [0.15, 0.2) is 18.2 Å². The lowest BCUT2D eigenvalue weighted by Crippen LogP contribution is -2.26. The zero-order chi connectivity index (χ0) is 11.4. The molecule has 0 saturated carbocycles. The van der Waals surface area contributed by atoms with Crippen LogP contribution in [0.4, 0.5) is 0 Å². The number of phenols is 1. The summed E-state index contributed by atoms with van der Waals surface area (Å²) in [6.07, 6.45) is 5.08. The normalized spacial score (nSPS) is 9.40. The SMILES string of the molecule is C#CCN(C)C(=O)c1ccc(Cl)cc1O. The number of terminal acetylenes is 1. The van der Waals surface area contributed by atoms with E-state index in [0.717, 1.165) is 0 Å². The minimum atomic E-state index is -0.331. The van der Waals surface area contributed by atoms with Gasteiger partial charge in [0.25, 0.3) is 5.91 Å². The van der Waals surface area contributed by atoms with Gasteiger partial charge in [-0.15, -0.1) is 6.42 Å². The maximum Gasteiger partial charge on any atom is 0.258 e. The Balaban J connectivity index is 2.97. The van der Waals surface area contributed by atoms with E-state index in [-0.39, 0.29) is 23.8 Å². The molecule has 4 heteroatoms. The molecule has 1 amide bonds. The zero-order valence-electron chi connectivity index (χ0n) is 8.20. The summed E-state index contributed by atoms with van der Waals surface area (Å²) >= 11 is 5.65. The van der Waals surface area contributed by atoms with Crippen LogP contribution in [-0.2, 0) is 0 Å². The number of phenolic OH excluding ortho intramolecular Hbond substituents is 1. The number of benzene rings is 1. The Bertz CT molecular complexity index is 423. The number of halogens is 1. The molecule has 0 aliphatic carbocycles. The molecule has 1 N–H and O–H groups in total. The number of hydrogen-bond donors (Lipinski definition) is 1. The van der Waals surface area contributed by atoms with Crippen molar-refractivity contribution in [2.75, 3.05) is 13.6 Å². The van der Waals surface area contributed by atoms with Gasteiger partial charge in [0.1, 0.15) is 5.75 Å². The second-order valence-corrected chi connectivity index (χ2v) is 3.46. The molecule has 0 bridgehead atoms. The van der Waals surface area contributed by atoms with Gasteiger partial charge in [0, 0.05) is 12.1 Å². The highest BCUT2D eigenvalue weighted by Crippen LogP contribution is 2.22. The summed E-state index contributed by atoms with van der Waals surface area (Å²) in [7, 11) is 1.57. The fraction of sp³-hybridized carbons (Fsp3) is 0.182. The maximum atomic E-state index is 11.7. The van der Waals surface area contributed by atoms with Gasteiger partial charge in [0.15, 0.2) is 0 Å². The maximum absolute atomic E-state index is 11.7. The predicted octanol–water partition coefficient (Wildman–Crippen LogP) is 1.75. The average molecular weight is 224 g/mol. The van der Waals surface area contributed by atoms with Crippen molar-refractivity contribution in [3.8, 4) is 18.1 Å². The van der Waals surface area contributed by atoms with E-state index in [9.17, 15) is 9.90 Å². The van der Waals surface area contributed by atoms with Crippen molar-refractivity contribution in [2.24, 2.45) is 0 Å². The Kier molecular flexibility index (Phi) is 3.59. The third kappa shape index (κ3) is 2.64. The summed E-state index contributed by atoms with van der Waals surface area (Å²) in [5.41, 5.74) is 0.192. The molecular weight excluding hydrogens is 214 g/mol. The number of nitrogens with zero attached hydrogens (tertiary/aromatic N) is 1. The molecule has 0 saturated heterocycles. The summed E-state index contributed by atoms with van der Waals surface area (Å²) in [4.78, 5) is 13.0. The molecule has 0 spiro atoms. The van der Waals surface area contributed by atoms with Crippen molar-refractivity contribution in [1.82, 2.24) is 4.90 Å². The molecule has 78 valence electrons. The summed E-state index contributed by atoms with van der Waals surface area (Å²) < 4.78 is 0. The molecule has 1 aromatic rings. The summed E-state index contributed by atoms with van der Waals surface area (Å²) in [6, 6.07) is 4.32. The number of carbonyl (C=O) groups excluding carboxylic acids is 1. The standard InChI is InChI=1S/C11H10ClNO2/c1-3-6-13(2)11(15)9-5-4-8(12)7-10(9)14/h1,4-5,7,14H,6H2,2H3. The van der Waals surface area contributed by atoms with Crippen molar-refractivity contribution in [1.29, 1.82) is 0 Å². The van der Waals surface area contributed by atoms with E-state index in [2.05, 4.69) is 5.92 Å². The minimum absolute atomic E-state index is 0.142. The number of rotatable bonds is 2. The highest BCUT2D eigenvalue weighted by atomic mass is 35.5. The monoisotopic (exact) mass is 223 g/mol. The van der Waals surface area contributed by atoms with Crippen LogP contribution in [0.25, 0.3) is 0 Å². The number of carbonyl (C=O) groups is 1. The van der Waals surface area contributed by atoms with Gasteiger partial charge in [-0.05, 0) is 18.2 Å². The Morgan fingerprint density at radius 1 is 1.67 bits per heavy atom. The van der Waals surface area contributed by atoms with Gasteiger partial charge in [0.2, 0.25) is 0 Å².